The average Bonchev–Trinajstić information content (AvgIpc) is 2.58. The van der Waals surface area contributed by atoms with Crippen LogP contribution in [0.15, 0.2) is 4.52 Å². The molecule has 1 aromatic rings. The molecule has 0 fully saturated rings. The maximum Gasteiger partial charge on any atom is 0.277 e. The van der Waals surface area contributed by atoms with E-state index >= 15 is 0 Å². The molecule has 0 unspecified atom stereocenters. The van der Waals surface area contributed by atoms with E-state index in [0.717, 1.165) is 0 Å². The van der Waals surface area contributed by atoms with Crippen LogP contribution in [0.5, 0.6) is 0 Å². The smallest absolute Gasteiger partial charge is 0.277 e. The zero-order valence-electron chi connectivity index (χ0n) is 9.72. The van der Waals surface area contributed by atoms with Crippen LogP contribution in [0.1, 0.15) is 17.0 Å². The highest BCUT2D eigenvalue weighted by atomic mass is 19.3. The van der Waals surface area contributed by atoms with Crippen LogP contribution in [-0.2, 0) is 11.2 Å². The minimum absolute atomic E-state index is 0.0260. The second-order valence-corrected chi connectivity index (χ2v) is 3.82. The molecule has 5 nitrogen and oxygen atoms in total. The van der Waals surface area contributed by atoms with E-state index in [9.17, 15) is 13.6 Å². The van der Waals surface area contributed by atoms with Crippen molar-refractivity contribution in [3.8, 4) is 0 Å². The van der Waals surface area contributed by atoms with Gasteiger partial charge in [-0.15, -0.1) is 0 Å². The van der Waals surface area contributed by atoms with E-state index in [1.54, 1.807) is 13.8 Å². The number of alkyl halides is 2. The van der Waals surface area contributed by atoms with Crippen LogP contribution in [0.2, 0.25) is 0 Å². The van der Waals surface area contributed by atoms with Crippen LogP contribution in [0.25, 0.3) is 0 Å². The van der Waals surface area contributed by atoms with Crippen molar-refractivity contribution < 1.29 is 18.1 Å². The van der Waals surface area contributed by atoms with E-state index in [0.29, 0.717) is 17.0 Å². The van der Waals surface area contributed by atoms with Gasteiger partial charge >= 0.3 is 0 Å². The molecule has 1 aromatic heterocycles. The Kier molecular flexibility index (Phi) is 4.17. The molecule has 0 radical (unpaired) electrons. The molecule has 0 aliphatic carbocycles. The lowest BCUT2D eigenvalue weighted by atomic mass is 10.1. The summed E-state index contributed by atoms with van der Waals surface area (Å²) in [5, 5.41) is 5.80. The highest BCUT2D eigenvalue weighted by molar-refractivity contribution is 5.79. The van der Waals surface area contributed by atoms with Gasteiger partial charge in [0.2, 0.25) is 5.91 Å². The van der Waals surface area contributed by atoms with Crippen molar-refractivity contribution in [2.75, 3.05) is 13.1 Å². The topological polar surface area (TPSA) is 81.2 Å². The first-order valence-electron chi connectivity index (χ1n) is 5.12. The Balaban J connectivity index is 2.51. The molecular formula is C10H15F2N3O2. The van der Waals surface area contributed by atoms with Crippen LogP contribution in [0.3, 0.4) is 0 Å². The Morgan fingerprint density at radius 2 is 2.18 bits per heavy atom. The molecular weight excluding hydrogens is 232 g/mol. The van der Waals surface area contributed by atoms with Gasteiger partial charge < -0.3 is 15.6 Å². The number of aryl methyl sites for hydroxylation is 2. The second-order valence-electron chi connectivity index (χ2n) is 3.82. The number of halogens is 2. The molecule has 0 spiro atoms. The lowest BCUT2D eigenvalue weighted by Gasteiger charge is -2.14. The van der Waals surface area contributed by atoms with Gasteiger partial charge in [0.25, 0.3) is 5.92 Å². The van der Waals surface area contributed by atoms with Gasteiger partial charge in [-0.2, -0.15) is 0 Å². The number of aromatic nitrogens is 1. The standard InChI is InChI=1S/C10H15F2N3O2/c1-6-8(7(2)17-15-6)3-9(16)14-5-10(11,12)4-13/h3-5,13H2,1-2H3,(H,14,16). The van der Waals surface area contributed by atoms with E-state index in [1.165, 1.54) is 0 Å². The molecule has 96 valence electrons. The molecule has 1 amide bonds. The number of nitrogens with two attached hydrogens (primary N) is 1. The molecule has 1 rings (SSSR count). The van der Waals surface area contributed by atoms with E-state index < -0.39 is 24.9 Å². The summed E-state index contributed by atoms with van der Waals surface area (Å²) in [6.45, 7) is 1.80. The fraction of sp³-hybridized carbons (Fsp3) is 0.600. The van der Waals surface area contributed by atoms with Gasteiger partial charge in [-0.1, -0.05) is 5.16 Å². The molecule has 0 aliphatic rings. The Labute approximate surface area is 97.3 Å². The first-order valence-corrected chi connectivity index (χ1v) is 5.12. The molecule has 0 saturated carbocycles. The van der Waals surface area contributed by atoms with Crippen LogP contribution in [-0.4, -0.2) is 30.1 Å². The van der Waals surface area contributed by atoms with Gasteiger partial charge in [0.15, 0.2) is 0 Å². The van der Waals surface area contributed by atoms with Crippen molar-refractivity contribution in [2.24, 2.45) is 5.73 Å². The normalized spacial score (nSPS) is 11.6. The second kappa shape index (κ2) is 5.22. The molecule has 1 heterocycles. The third-order valence-electron chi connectivity index (χ3n) is 2.36. The summed E-state index contributed by atoms with van der Waals surface area (Å²) in [4.78, 5) is 11.4. The SMILES string of the molecule is Cc1noc(C)c1CC(=O)NCC(F)(F)CN. The number of carbonyl (C=O) groups excluding carboxylic acids is 1. The van der Waals surface area contributed by atoms with Crippen LogP contribution in [0, 0.1) is 13.8 Å². The van der Waals surface area contributed by atoms with E-state index in [2.05, 4.69) is 10.5 Å². The maximum atomic E-state index is 12.8. The summed E-state index contributed by atoms with van der Waals surface area (Å²) in [7, 11) is 0. The Hall–Kier alpha value is -1.50. The monoisotopic (exact) mass is 247 g/mol. The molecule has 0 aliphatic heterocycles. The van der Waals surface area contributed by atoms with E-state index in [-0.39, 0.29) is 6.42 Å². The van der Waals surface area contributed by atoms with Crippen molar-refractivity contribution >= 4 is 5.91 Å². The fourth-order valence-corrected chi connectivity index (χ4v) is 1.28. The van der Waals surface area contributed by atoms with Gasteiger partial charge in [-0.25, -0.2) is 8.78 Å². The Bertz CT molecular complexity index is 385. The van der Waals surface area contributed by atoms with Gasteiger partial charge in [-0.05, 0) is 13.8 Å². The van der Waals surface area contributed by atoms with Crippen LogP contribution in [0.4, 0.5) is 8.78 Å². The minimum atomic E-state index is -3.08. The minimum Gasteiger partial charge on any atom is -0.361 e. The number of hydrogen-bond donors (Lipinski definition) is 2. The zero-order chi connectivity index (χ0) is 13.1. The fourth-order valence-electron chi connectivity index (χ4n) is 1.28. The third-order valence-corrected chi connectivity index (χ3v) is 2.36. The highest BCUT2D eigenvalue weighted by Crippen LogP contribution is 2.13. The van der Waals surface area contributed by atoms with Crippen molar-refractivity contribution in [1.82, 2.24) is 10.5 Å². The highest BCUT2D eigenvalue weighted by Gasteiger charge is 2.27. The number of carbonyl (C=O) groups is 1. The first-order chi connectivity index (χ1) is 7.85. The molecule has 0 aromatic carbocycles. The van der Waals surface area contributed by atoms with E-state index in [1.807, 2.05) is 0 Å². The molecule has 7 heteroatoms. The summed E-state index contributed by atoms with van der Waals surface area (Å²) in [5.74, 6) is -3.07. The van der Waals surface area contributed by atoms with Gasteiger partial charge in [0.05, 0.1) is 25.2 Å². The van der Waals surface area contributed by atoms with Gasteiger partial charge in [0.1, 0.15) is 5.76 Å². The summed E-state index contributed by atoms with van der Waals surface area (Å²) in [6.07, 6.45) is -0.0260. The summed E-state index contributed by atoms with van der Waals surface area (Å²) in [5.41, 5.74) is 6.06. The molecule has 0 atom stereocenters. The average molecular weight is 247 g/mol. The summed E-state index contributed by atoms with van der Waals surface area (Å²) >= 11 is 0. The number of nitrogens with one attached hydrogen (secondary N) is 1. The first kappa shape index (κ1) is 13.6. The molecule has 3 N–H and O–H groups in total. The predicted molar refractivity (Wildman–Crippen MR) is 56.7 cm³/mol. The van der Waals surface area contributed by atoms with E-state index in [4.69, 9.17) is 10.3 Å². The number of amides is 1. The van der Waals surface area contributed by atoms with Crippen LogP contribution < -0.4 is 11.1 Å². The van der Waals surface area contributed by atoms with Crippen molar-refractivity contribution in [3.63, 3.8) is 0 Å². The number of rotatable bonds is 5. The lowest BCUT2D eigenvalue weighted by molar-refractivity contribution is -0.122. The molecule has 0 saturated heterocycles. The van der Waals surface area contributed by atoms with Gasteiger partial charge in [-0.3, -0.25) is 4.79 Å². The largest absolute Gasteiger partial charge is 0.361 e. The summed E-state index contributed by atoms with van der Waals surface area (Å²) < 4.78 is 30.4. The van der Waals surface area contributed by atoms with Crippen molar-refractivity contribution in [1.29, 1.82) is 0 Å². The molecule has 17 heavy (non-hydrogen) atoms. The zero-order valence-corrected chi connectivity index (χ0v) is 9.72. The van der Waals surface area contributed by atoms with Gasteiger partial charge in [0, 0.05) is 5.56 Å². The third kappa shape index (κ3) is 3.77. The maximum absolute atomic E-state index is 12.8. The predicted octanol–water partition coefficient (Wildman–Crippen LogP) is 0.544. The van der Waals surface area contributed by atoms with Crippen molar-refractivity contribution in [2.45, 2.75) is 26.2 Å². The van der Waals surface area contributed by atoms with Crippen molar-refractivity contribution in [3.05, 3.63) is 17.0 Å². The lowest BCUT2D eigenvalue weighted by Crippen LogP contribution is -2.42. The quantitative estimate of drug-likeness (QED) is 0.796. The number of hydrogen-bond acceptors (Lipinski definition) is 4. The van der Waals surface area contributed by atoms with Crippen LogP contribution >= 0.6 is 0 Å². The Morgan fingerprint density at radius 3 is 2.65 bits per heavy atom. The molecule has 0 bridgehead atoms. The summed E-state index contributed by atoms with van der Waals surface area (Å²) in [6, 6.07) is 0. The number of nitrogens with zero attached hydrogens (tertiary/aromatic N) is 1. The Morgan fingerprint density at radius 1 is 1.53 bits per heavy atom.